The van der Waals surface area contributed by atoms with Gasteiger partial charge in [-0.15, -0.1) is 0 Å². The van der Waals surface area contributed by atoms with E-state index in [1.807, 2.05) is 0 Å². The SMILES string of the molecule is CCCCCCCCCCCCCCCCCCCC(=O)OC(COCCCCCCCCCCCCC)COC1OC(CO)C(O)C(O)C1O. The number of rotatable bonds is 37. The quantitative estimate of drug-likeness (QED) is 0.0365. The molecule has 0 aliphatic carbocycles. The van der Waals surface area contributed by atoms with E-state index < -0.39 is 43.4 Å². The van der Waals surface area contributed by atoms with Crippen LogP contribution in [0.15, 0.2) is 0 Å². The first kappa shape index (κ1) is 48.2. The van der Waals surface area contributed by atoms with E-state index in [0.717, 1.165) is 32.1 Å². The highest BCUT2D eigenvalue weighted by molar-refractivity contribution is 5.69. The summed E-state index contributed by atoms with van der Waals surface area (Å²) in [7, 11) is 0. The molecule has 51 heavy (non-hydrogen) atoms. The van der Waals surface area contributed by atoms with E-state index in [4.69, 9.17) is 18.9 Å². The van der Waals surface area contributed by atoms with Crippen LogP contribution in [0.4, 0.5) is 0 Å². The zero-order chi connectivity index (χ0) is 37.2. The summed E-state index contributed by atoms with van der Waals surface area (Å²) in [5.41, 5.74) is 0. The molecular weight excluding hydrogens is 648 g/mol. The third kappa shape index (κ3) is 26.6. The molecule has 0 aromatic carbocycles. The summed E-state index contributed by atoms with van der Waals surface area (Å²) < 4.78 is 22.8. The van der Waals surface area contributed by atoms with Crippen LogP contribution < -0.4 is 0 Å². The van der Waals surface area contributed by atoms with Gasteiger partial charge in [-0.25, -0.2) is 0 Å². The van der Waals surface area contributed by atoms with Gasteiger partial charge in [-0.1, -0.05) is 181 Å². The molecule has 1 fully saturated rings. The first-order valence-electron chi connectivity index (χ1n) is 21.6. The molecule has 6 atom stereocenters. The van der Waals surface area contributed by atoms with Gasteiger partial charge in [0.25, 0.3) is 0 Å². The van der Waals surface area contributed by atoms with Crippen LogP contribution in [0.2, 0.25) is 0 Å². The van der Waals surface area contributed by atoms with Gasteiger partial charge in [0.05, 0.1) is 19.8 Å². The zero-order valence-corrected chi connectivity index (χ0v) is 33.1. The minimum Gasteiger partial charge on any atom is -0.457 e. The summed E-state index contributed by atoms with van der Waals surface area (Å²) in [5.74, 6) is -0.309. The second kappa shape index (κ2) is 34.9. The summed E-state index contributed by atoms with van der Waals surface area (Å²) >= 11 is 0. The van der Waals surface area contributed by atoms with Crippen molar-refractivity contribution in [2.75, 3.05) is 26.4 Å². The number of ether oxygens (including phenoxy) is 4. The standard InChI is InChI=1S/C42H82O9/c1-3-5-7-9-11-13-15-16-17-18-19-20-21-23-25-27-29-31-38(44)50-36(35-49-42-41(47)40(46)39(45)37(33-43)51-42)34-48-32-30-28-26-24-22-14-12-10-8-6-4-2/h36-37,39-43,45-47H,3-35H2,1-2H3. The van der Waals surface area contributed by atoms with E-state index in [1.54, 1.807) is 0 Å². The van der Waals surface area contributed by atoms with Crippen molar-refractivity contribution < 1.29 is 44.2 Å². The van der Waals surface area contributed by atoms with E-state index in [-0.39, 0.29) is 19.2 Å². The Kier molecular flexibility index (Phi) is 33.0. The maximum atomic E-state index is 12.7. The van der Waals surface area contributed by atoms with Gasteiger partial charge in [0.15, 0.2) is 6.29 Å². The Hall–Kier alpha value is -0.810. The summed E-state index contributed by atoms with van der Waals surface area (Å²) in [5, 5.41) is 40.0. The van der Waals surface area contributed by atoms with Crippen LogP contribution >= 0.6 is 0 Å². The van der Waals surface area contributed by atoms with E-state index >= 15 is 0 Å². The first-order chi connectivity index (χ1) is 24.9. The minimum absolute atomic E-state index is 0.105. The number of hydrogen-bond acceptors (Lipinski definition) is 9. The second-order valence-electron chi connectivity index (χ2n) is 15.2. The van der Waals surface area contributed by atoms with Crippen molar-refractivity contribution in [3.63, 3.8) is 0 Å². The molecule has 6 unspecified atom stereocenters. The van der Waals surface area contributed by atoms with Crippen LogP contribution in [0.3, 0.4) is 0 Å². The van der Waals surface area contributed by atoms with Gasteiger partial charge in [0.1, 0.15) is 30.5 Å². The highest BCUT2D eigenvalue weighted by Crippen LogP contribution is 2.23. The molecule has 0 aromatic rings. The molecule has 0 radical (unpaired) electrons. The average molecular weight is 731 g/mol. The summed E-state index contributed by atoms with van der Waals surface area (Å²) in [4.78, 5) is 12.7. The molecule has 1 aliphatic heterocycles. The Labute approximate surface area is 312 Å². The number of esters is 1. The molecule has 9 nitrogen and oxygen atoms in total. The molecule has 0 spiro atoms. The lowest BCUT2D eigenvalue weighted by atomic mass is 9.99. The van der Waals surface area contributed by atoms with E-state index in [1.165, 1.54) is 148 Å². The average Bonchev–Trinajstić information content (AvgIpc) is 3.13. The van der Waals surface area contributed by atoms with Crippen molar-refractivity contribution >= 4 is 5.97 Å². The normalized spacial score (nSPS) is 21.3. The maximum absolute atomic E-state index is 12.7. The van der Waals surface area contributed by atoms with Gasteiger partial charge >= 0.3 is 5.97 Å². The van der Waals surface area contributed by atoms with Crippen molar-refractivity contribution in [3.8, 4) is 0 Å². The molecule has 1 heterocycles. The second-order valence-corrected chi connectivity index (χ2v) is 15.2. The van der Waals surface area contributed by atoms with Crippen LogP contribution in [0.25, 0.3) is 0 Å². The molecule has 304 valence electrons. The van der Waals surface area contributed by atoms with E-state index in [2.05, 4.69) is 13.8 Å². The predicted octanol–water partition coefficient (Wildman–Crippen LogP) is 9.08. The van der Waals surface area contributed by atoms with Crippen LogP contribution in [0.5, 0.6) is 0 Å². The highest BCUT2D eigenvalue weighted by Gasteiger charge is 2.44. The number of aliphatic hydroxyl groups excluding tert-OH is 4. The van der Waals surface area contributed by atoms with Gasteiger partial charge < -0.3 is 39.4 Å². The van der Waals surface area contributed by atoms with E-state index in [0.29, 0.717) is 13.0 Å². The van der Waals surface area contributed by atoms with Crippen LogP contribution in [0.1, 0.15) is 200 Å². The summed E-state index contributed by atoms with van der Waals surface area (Å²) in [6.45, 7) is 4.59. The smallest absolute Gasteiger partial charge is 0.306 e. The Bertz CT molecular complexity index is 752. The summed E-state index contributed by atoms with van der Waals surface area (Å²) in [6, 6.07) is 0. The Balaban J connectivity index is 2.25. The number of unbranched alkanes of at least 4 members (excludes halogenated alkanes) is 26. The monoisotopic (exact) mass is 731 g/mol. The maximum Gasteiger partial charge on any atom is 0.306 e. The molecule has 1 aliphatic rings. The van der Waals surface area contributed by atoms with Gasteiger partial charge in [-0.2, -0.15) is 0 Å². The molecule has 0 amide bonds. The summed E-state index contributed by atoms with van der Waals surface area (Å²) in [6.07, 6.45) is 28.4. The molecule has 0 aromatic heterocycles. The fourth-order valence-corrected chi connectivity index (χ4v) is 6.85. The number of carbonyl (C=O) groups is 1. The van der Waals surface area contributed by atoms with Crippen LogP contribution in [-0.4, -0.2) is 89.6 Å². The Morgan fingerprint density at radius 1 is 0.549 bits per heavy atom. The Morgan fingerprint density at radius 2 is 0.961 bits per heavy atom. The topological polar surface area (TPSA) is 135 Å². The van der Waals surface area contributed by atoms with Crippen LogP contribution in [-0.2, 0) is 23.7 Å². The molecule has 0 saturated carbocycles. The fourth-order valence-electron chi connectivity index (χ4n) is 6.85. The third-order valence-electron chi connectivity index (χ3n) is 10.3. The van der Waals surface area contributed by atoms with E-state index in [9.17, 15) is 25.2 Å². The largest absolute Gasteiger partial charge is 0.457 e. The number of aliphatic hydroxyl groups is 4. The lowest BCUT2D eigenvalue weighted by Gasteiger charge is -2.39. The van der Waals surface area contributed by atoms with Gasteiger partial charge in [-0.3, -0.25) is 4.79 Å². The lowest BCUT2D eigenvalue weighted by Crippen LogP contribution is -2.59. The first-order valence-corrected chi connectivity index (χ1v) is 21.6. The zero-order valence-electron chi connectivity index (χ0n) is 33.1. The number of carbonyl (C=O) groups excluding carboxylic acids is 1. The van der Waals surface area contributed by atoms with Gasteiger partial charge in [0, 0.05) is 13.0 Å². The molecule has 9 heteroatoms. The molecule has 4 N–H and O–H groups in total. The van der Waals surface area contributed by atoms with Gasteiger partial charge in [-0.05, 0) is 12.8 Å². The minimum atomic E-state index is -1.53. The predicted molar refractivity (Wildman–Crippen MR) is 206 cm³/mol. The molecular formula is C42H82O9. The lowest BCUT2D eigenvalue weighted by molar-refractivity contribution is -0.305. The van der Waals surface area contributed by atoms with Crippen molar-refractivity contribution in [3.05, 3.63) is 0 Å². The van der Waals surface area contributed by atoms with Gasteiger partial charge in [0.2, 0.25) is 0 Å². The van der Waals surface area contributed by atoms with Crippen molar-refractivity contribution in [2.24, 2.45) is 0 Å². The molecule has 0 bridgehead atoms. The fraction of sp³-hybridized carbons (Fsp3) is 0.976. The van der Waals surface area contributed by atoms with Crippen LogP contribution in [0, 0.1) is 0 Å². The van der Waals surface area contributed by atoms with Crippen molar-refractivity contribution in [2.45, 2.75) is 237 Å². The highest BCUT2D eigenvalue weighted by atomic mass is 16.7. The van der Waals surface area contributed by atoms with Crippen molar-refractivity contribution in [1.29, 1.82) is 0 Å². The molecule has 1 saturated heterocycles. The Morgan fingerprint density at radius 3 is 1.39 bits per heavy atom. The third-order valence-corrected chi connectivity index (χ3v) is 10.3. The molecule has 1 rings (SSSR count). The number of hydrogen-bond donors (Lipinski definition) is 4. The van der Waals surface area contributed by atoms with Crippen molar-refractivity contribution in [1.82, 2.24) is 0 Å².